The van der Waals surface area contributed by atoms with E-state index in [1.54, 1.807) is 24.3 Å². The molecule has 7 heteroatoms. The van der Waals surface area contributed by atoms with Crippen molar-refractivity contribution in [3.8, 4) is 0 Å². The summed E-state index contributed by atoms with van der Waals surface area (Å²) in [6.45, 7) is 1.98. The molecule has 2 rings (SSSR count). The van der Waals surface area contributed by atoms with Gasteiger partial charge in [-0.05, 0) is 43.3 Å². The number of aryl methyl sites for hydroxylation is 1. The van der Waals surface area contributed by atoms with Crippen LogP contribution in [0.2, 0.25) is 5.02 Å². The first kappa shape index (κ1) is 18.8. The molecule has 3 nitrogen and oxygen atoms in total. The van der Waals surface area contributed by atoms with E-state index < -0.39 is 8.31 Å². The highest BCUT2D eigenvalue weighted by Gasteiger charge is 2.32. The lowest BCUT2D eigenvalue weighted by atomic mass is 10.1. The van der Waals surface area contributed by atoms with Gasteiger partial charge in [0, 0.05) is 16.3 Å². The van der Waals surface area contributed by atoms with Crippen LogP contribution in [0.25, 0.3) is 0 Å². The SMILES string of the molecule is Cc1ccc(C(=O)N[C@@H](Nc2ccc(Cl)cc2)C(Br)(Br)Br)cc1. The van der Waals surface area contributed by atoms with Crippen molar-refractivity contribution < 1.29 is 4.79 Å². The Bertz CT molecular complexity index is 669. The van der Waals surface area contributed by atoms with E-state index in [1.165, 1.54) is 0 Å². The molecule has 0 aliphatic rings. The summed E-state index contributed by atoms with van der Waals surface area (Å²) in [5, 5.41) is 6.81. The van der Waals surface area contributed by atoms with Gasteiger partial charge < -0.3 is 10.6 Å². The van der Waals surface area contributed by atoms with Crippen LogP contribution in [0.3, 0.4) is 0 Å². The molecule has 2 N–H and O–H groups in total. The molecule has 122 valence electrons. The zero-order valence-corrected chi connectivity index (χ0v) is 17.6. The monoisotopic (exact) mass is 522 g/mol. The van der Waals surface area contributed by atoms with E-state index in [4.69, 9.17) is 11.6 Å². The minimum Gasteiger partial charge on any atom is -0.363 e. The Kier molecular flexibility index (Phi) is 6.54. The van der Waals surface area contributed by atoms with Crippen LogP contribution in [0.1, 0.15) is 15.9 Å². The Balaban J connectivity index is 2.14. The summed E-state index contributed by atoms with van der Waals surface area (Å²) in [7, 11) is 0. The van der Waals surface area contributed by atoms with Gasteiger partial charge in [0.2, 0.25) is 0 Å². The average molecular weight is 525 g/mol. The first-order valence-corrected chi connectivity index (χ1v) is 9.48. The number of hydrogen-bond acceptors (Lipinski definition) is 2. The average Bonchev–Trinajstić information content (AvgIpc) is 2.48. The van der Waals surface area contributed by atoms with Gasteiger partial charge in [-0.2, -0.15) is 0 Å². The molecule has 0 saturated heterocycles. The van der Waals surface area contributed by atoms with Crippen LogP contribution in [-0.4, -0.2) is 14.2 Å². The predicted molar refractivity (Wildman–Crippen MR) is 107 cm³/mol. The molecule has 0 spiro atoms. The zero-order valence-electron chi connectivity index (χ0n) is 12.1. The van der Waals surface area contributed by atoms with Gasteiger partial charge in [-0.3, -0.25) is 4.79 Å². The molecule has 1 amide bonds. The van der Waals surface area contributed by atoms with Gasteiger partial charge >= 0.3 is 0 Å². The fourth-order valence-electron chi connectivity index (χ4n) is 1.83. The highest BCUT2D eigenvalue weighted by atomic mass is 80.0. The molecule has 0 bridgehead atoms. The number of carbonyl (C=O) groups is 1. The predicted octanol–water partition coefficient (Wildman–Crippen LogP) is 5.65. The second-order valence-corrected chi connectivity index (χ2v) is 12.3. The third-order valence-corrected chi connectivity index (χ3v) is 4.70. The number of carbonyl (C=O) groups excluding carboxylic acids is 1. The lowest BCUT2D eigenvalue weighted by Gasteiger charge is -2.28. The van der Waals surface area contributed by atoms with Gasteiger partial charge in [-0.15, -0.1) is 0 Å². The fraction of sp³-hybridized carbons (Fsp3) is 0.188. The van der Waals surface area contributed by atoms with Crippen LogP contribution in [0.4, 0.5) is 5.69 Å². The smallest absolute Gasteiger partial charge is 0.252 e. The van der Waals surface area contributed by atoms with Crippen molar-refractivity contribution in [2.45, 2.75) is 15.2 Å². The number of anilines is 1. The third-order valence-electron chi connectivity index (χ3n) is 3.07. The van der Waals surface area contributed by atoms with Crippen LogP contribution < -0.4 is 10.6 Å². The molecule has 0 fully saturated rings. The number of hydrogen-bond donors (Lipinski definition) is 2. The molecular weight excluding hydrogens is 511 g/mol. The first-order chi connectivity index (χ1) is 10.8. The van der Waals surface area contributed by atoms with Crippen LogP contribution >= 0.6 is 59.4 Å². The van der Waals surface area contributed by atoms with E-state index in [0.29, 0.717) is 10.6 Å². The summed E-state index contributed by atoms with van der Waals surface area (Å²) in [6.07, 6.45) is -0.461. The number of halogens is 4. The summed E-state index contributed by atoms with van der Waals surface area (Å²) in [5.74, 6) is -0.181. The molecule has 0 heterocycles. The van der Waals surface area contributed by atoms with E-state index in [0.717, 1.165) is 11.3 Å². The molecule has 1 atom stereocenters. The van der Waals surface area contributed by atoms with E-state index in [9.17, 15) is 4.79 Å². The van der Waals surface area contributed by atoms with E-state index in [2.05, 4.69) is 58.4 Å². The molecule has 0 unspecified atom stereocenters. The fourth-order valence-corrected chi connectivity index (χ4v) is 2.64. The van der Waals surface area contributed by atoms with Crippen LogP contribution in [-0.2, 0) is 0 Å². The minimum absolute atomic E-state index is 0.181. The second-order valence-electron chi connectivity index (χ2n) is 4.97. The maximum absolute atomic E-state index is 12.4. The summed E-state index contributed by atoms with van der Waals surface area (Å²) in [5.41, 5.74) is 2.52. The van der Waals surface area contributed by atoms with Crippen molar-refractivity contribution in [3.05, 3.63) is 64.7 Å². The van der Waals surface area contributed by atoms with Gasteiger partial charge in [0.25, 0.3) is 5.91 Å². The Labute approximate surface area is 165 Å². The maximum Gasteiger partial charge on any atom is 0.252 e. The lowest BCUT2D eigenvalue weighted by molar-refractivity contribution is 0.0943. The lowest BCUT2D eigenvalue weighted by Crippen LogP contribution is -2.48. The molecule has 2 aromatic rings. The molecule has 0 aliphatic heterocycles. The number of amides is 1. The third kappa shape index (κ3) is 5.78. The number of benzene rings is 2. The largest absolute Gasteiger partial charge is 0.363 e. The maximum atomic E-state index is 12.4. The summed E-state index contributed by atoms with van der Waals surface area (Å²) >= 11 is 16.3. The molecule has 23 heavy (non-hydrogen) atoms. The molecule has 0 aliphatic carbocycles. The van der Waals surface area contributed by atoms with Crippen molar-refractivity contribution in [2.24, 2.45) is 0 Å². The van der Waals surface area contributed by atoms with Crippen molar-refractivity contribution in [1.29, 1.82) is 0 Å². The second kappa shape index (κ2) is 8.01. The summed E-state index contributed by atoms with van der Waals surface area (Å²) < 4.78 is -0.715. The number of nitrogens with one attached hydrogen (secondary N) is 2. The van der Waals surface area contributed by atoms with Crippen molar-refractivity contribution >= 4 is 71.0 Å². The van der Waals surface area contributed by atoms with Crippen LogP contribution in [0.15, 0.2) is 48.5 Å². The summed E-state index contributed by atoms with van der Waals surface area (Å²) in [6, 6.07) is 14.6. The number of alkyl halides is 3. The molecular formula is C16H14Br3ClN2O. The summed E-state index contributed by atoms with van der Waals surface area (Å²) in [4.78, 5) is 12.4. The topological polar surface area (TPSA) is 41.1 Å². The van der Waals surface area contributed by atoms with Gasteiger partial charge in [0.05, 0.1) is 0 Å². The molecule has 0 aromatic heterocycles. The molecule has 2 aromatic carbocycles. The minimum atomic E-state index is -0.715. The molecule has 0 saturated carbocycles. The number of rotatable bonds is 4. The highest BCUT2D eigenvalue weighted by molar-refractivity contribution is 9.39. The molecule has 0 radical (unpaired) electrons. The van der Waals surface area contributed by atoms with E-state index >= 15 is 0 Å². The van der Waals surface area contributed by atoms with Gasteiger partial charge in [0.1, 0.15) is 6.17 Å². The first-order valence-electron chi connectivity index (χ1n) is 6.72. The Morgan fingerprint density at radius 1 is 1.04 bits per heavy atom. The quantitative estimate of drug-likeness (QED) is 0.400. The standard InChI is InChI=1S/C16H14Br3ClN2O/c1-10-2-4-11(5-3-10)14(23)22-15(16(17,18)19)21-13-8-6-12(20)7-9-13/h2-9,15,21H,1H3,(H,22,23)/t15-/m1/s1. The van der Waals surface area contributed by atoms with Gasteiger partial charge in [-0.25, -0.2) is 0 Å². The van der Waals surface area contributed by atoms with E-state index in [1.807, 2.05) is 31.2 Å². The van der Waals surface area contributed by atoms with E-state index in [-0.39, 0.29) is 5.91 Å². The highest BCUT2D eigenvalue weighted by Crippen LogP contribution is 2.37. The Hall–Kier alpha value is -0.560. The Morgan fingerprint density at radius 2 is 1.61 bits per heavy atom. The van der Waals surface area contributed by atoms with Crippen molar-refractivity contribution in [2.75, 3.05) is 5.32 Å². The zero-order chi connectivity index (χ0) is 17.0. The van der Waals surface area contributed by atoms with Gasteiger partial charge in [0.15, 0.2) is 2.14 Å². The van der Waals surface area contributed by atoms with Gasteiger partial charge in [-0.1, -0.05) is 77.1 Å². The normalized spacial score (nSPS) is 12.6. The van der Waals surface area contributed by atoms with Crippen molar-refractivity contribution in [1.82, 2.24) is 5.32 Å². The van der Waals surface area contributed by atoms with Crippen molar-refractivity contribution in [3.63, 3.8) is 0 Å². The van der Waals surface area contributed by atoms with Crippen LogP contribution in [0.5, 0.6) is 0 Å². The Morgan fingerprint density at radius 3 is 2.13 bits per heavy atom. The van der Waals surface area contributed by atoms with Crippen LogP contribution in [0, 0.1) is 6.92 Å².